The number of nitrogens with two attached hydrogens (primary N) is 1. The molecule has 0 atom stereocenters. The van der Waals surface area contributed by atoms with Gasteiger partial charge in [-0.3, -0.25) is 9.59 Å². The third-order valence-corrected chi connectivity index (χ3v) is 4.35. The Morgan fingerprint density at radius 3 is 2.55 bits per heavy atom. The topological polar surface area (TPSA) is 110 Å². The lowest BCUT2D eigenvalue weighted by atomic mass is 10.1. The summed E-state index contributed by atoms with van der Waals surface area (Å²) in [5, 5.41) is 3.29. The molecule has 158 valence electrons. The van der Waals surface area contributed by atoms with E-state index in [-0.39, 0.29) is 22.8 Å². The predicted octanol–water partition coefficient (Wildman–Crippen LogP) is 4.68. The quantitative estimate of drug-likeness (QED) is 0.428. The van der Waals surface area contributed by atoms with Crippen LogP contribution in [0.2, 0.25) is 0 Å². The van der Waals surface area contributed by atoms with Crippen molar-refractivity contribution in [3.05, 3.63) is 72.1 Å². The Morgan fingerprint density at radius 1 is 1.03 bits per heavy atom. The molecule has 4 N–H and O–H groups in total. The molecule has 0 saturated carbocycles. The summed E-state index contributed by atoms with van der Waals surface area (Å²) in [6.45, 7) is 0. The zero-order chi connectivity index (χ0) is 22.2. The molecule has 2 heterocycles. The highest BCUT2D eigenvalue weighted by atomic mass is 19.4. The van der Waals surface area contributed by atoms with Crippen LogP contribution in [0.3, 0.4) is 0 Å². The van der Waals surface area contributed by atoms with Crippen LogP contribution in [-0.2, 0) is 0 Å². The van der Waals surface area contributed by atoms with Crippen LogP contribution in [0.4, 0.5) is 18.9 Å². The van der Waals surface area contributed by atoms with E-state index in [1.165, 1.54) is 30.3 Å². The van der Waals surface area contributed by atoms with E-state index in [1.54, 1.807) is 24.3 Å². The fourth-order valence-electron chi connectivity index (χ4n) is 3.02. The molecule has 0 bridgehead atoms. The van der Waals surface area contributed by atoms with Gasteiger partial charge in [-0.2, -0.15) is 0 Å². The third kappa shape index (κ3) is 4.37. The Balaban J connectivity index is 1.55. The molecule has 0 aliphatic carbocycles. The molecule has 31 heavy (non-hydrogen) atoms. The lowest BCUT2D eigenvalue weighted by Crippen LogP contribution is -2.17. The standard InChI is InChI=1S/C21H14F3N3O4/c22-21(23,24)31-17-4-2-1-3-13(17)16-7-8-18(30-16)20(29)26-12-5-6-14-11(9-12)10-15(27-14)19(25)28/h1-10,27H,(H2,25,28)(H,26,29). The Kier molecular flexibility index (Phi) is 4.90. The van der Waals surface area contributed by atoms with Gasteiger partial charge in [0.2, 0.25) is 0 Å². The van der Waals surface area contributed by atoms with Crippen molar-refractivity contribution in [1.29, 1.82) is 0 Å². The number of halogens is 3. The van der Waals surface area contributed by atoms with Gasteiger partial charge in [0.25, 0.3) is 11.8 Å². The molecule has 4 aromatic rings. The maximum Gasteiger partial charge on any atom is 0.573 e. The third-order valence-electron chi connectivity index (χ3n) is 4.35. The molecule has 10 heteroatoms. The number of carbonyl (C=O) groups excluding carboxylic acids is 2. The highest BCUT2D eigenvalue weighted by Crippen LogP contribution is 2.34. The fourth-order valence-corrected chi connectivity index (χ4v) is 3.02. The first-order chi connectivity index (χ1) is 14.7. The lowest BCUT2D eigenvalue weighted by molar-refractivity contribution is -0.274. The molecule has 0 aliphatic rings. The van der Waals surface area contributed by atoms with Crippen LogP contribution >= 0.6 is 0 Å². The van der Waals surface area contributed by atoms with E-state index in [0.29, 0.717) is 16.6 Å². The van der Waals surface area contributed by atoms with E-state index < -0.39 is 23.9 Å². The summed E-state index contributed by atoms with van der Waals surface area (Å²) in [6.07, 6.45) is -4.87. The van der Waals surface area contributed by atoms with E-state index in [2.05, 4.69) is 15.0 Å². The first kappa shape index (κ1) is 20.1. The van der Waals surface area contributed by atoms with E-state index in [4.69, 9.17) is 10.2 Å². The number of anilines is 1. The van der Waals surface area contributed by atoms with Crippen molar-refractivity contribution in [2.45, 2.75) is 6.36 Å². The molecule has 0 unspecified atom stereocenters. The van der Waals surface area contributed by atoms with Gasteiger partial charge in [-0.15, -0.1) is 13.2 Å². The van der Waals surface area contributed by atoms with Gasteiger partial charge >= 0.3 is 6.36 Å². The number of aromatic amines is 1. The van der Waals surface area contributed by atoms with Gasteiger partial charge in [-0.25, -0.2) is 0 Å². The molecule has 0 aliphatic heterocycles. The second kappa shape index (κ2) is 7.56. The number of rotatable bonds is 5. The number of benzene rings is 2. The van der Waals surface area contributed by atoms with Crippen LogP contribution in [0.1, 0.15) is 21.0 Å². The minimum absolute atomic E-state index is 0.0391. The van der Waals surface area contributed by atoms with Gasteiger partial charge < -0.3 is 25.2 Å². The number of para-hydroxylation sites is 1. The van der Waals surface area contributed by atoms with Crippen LogP contribution < -0.4 is 15.8 Å². The van der Waals surface area contributed by atoms with Crippen LogP contribution in [0.5, 0.6) is 5.75 Å². The summed E-state index contributed by atoms with van der Waals surface area (Å²) in [7, 11) is 0. The van der Waals surface area contributed by atoms with Crippen molar-refractivity contribution < 1.29 is 31.9 Å². The Hall–Kier alpha value is -4.21. The van der Waals surface area contributed by atoms with Gasteiger partial charge in [-0.05, 0) is 48.5 Å². The van der Waals surface area contributed by atoms with Crippen molar-refractivity contribution >= 4 is 28.4 Å². The summed E-state index contributed by atoms with van der Waals surface area (Å²) in [5.41, 5.74) is 6.60. The number of hydrogen-bond acceptors (Lipinski definition) is 4. The number of H-pyrrole nitrogens is 1. The largest absolute Gasteiger partial charge is 0.573 e. The smallest absolute Gasteiger partial charge is 0.451 e. The molecule has 0 fully saturated rings. The highest BCUT2D eigenvalue weighted by molar-refractivity contribution is 6.04. The van der Waals surface area contributed by atoms with Gasteiger partial charge in [0.1, 0.15) is 17.2 Å². The number of fused-ring (bicyclic) bond motifs is 1. The van der Waals surface area contributed by atoms with Crippen LogP contribution in [-0.4, -0.2) is 23.2 Å². The molecular formula is C21H14F3N3O4. The number of hydrogen-bond donors (Lipinski definition) is 3. The maximum absolute atomic E-state index is 12.6. The SMILES string of the molecule is NC(=O)c1cc2cc(NC(=O)c3ccc(-c4ccccc4OC(F)(F)F)o3)ccc2[nH]1. The van der Waals surface area contributed by atoms with Crippen molar-refractivity contribution in [3.8, 4) is 17.1 Å². The average molecular weight is 429 g/mol. The number of amides is 2. The van der Waals surface area contributed by atoms with Crippen LogP contribution in [0, 0.1) is 0 Å². The minimum atomic E-state index is -4.87. The second-order valence-corrected chi connectivity index (χ2v) is 6.51. The van der Waals surface area contributed by atoms with Crippen molar-refractivity contribution in [2.24, 2.45) is 5.73 Å². The zero-order valence-electron chi connectivity index (χ0n) is 15.6. The van der Waals surface area contributed by atoms with Gasteiger partial charge in [-0.1, -0.05) is 12.1 Å². The summed E-state index contributed by atoms with van der Waals surface area (Å²) in [5.74, 6) is -1.73. The summed E-state index contributed by atoms with van der Waals surface area (Å²) in [4.78, 5) is 26.7. The van der Waals surface area contributed by atoms with Crippen molar-refractivity contribution in [2.75, 3.05) is 5.32 Å². The first-order valence-corrected chi connectivity index (χ1v) is 8.88. The number of alkyl halides is 3. The molecule has 2 aromatic heterocycles. The second-order valence-electron chi connectivity index (χ2n) is 6.51. The molecule has 2 amide bonds. The predicted molar refractivity (Wildman–Crippen MR) is 106 cm³/mol. The normalized spacial score (nSPS) is 11.5. The number of primary amides is 1. The monoisotopic (exact) mass is 429 g/mol. The van der Waals surface area contributed by atoms with Gasteiger partial charge in [0.15, 0.2) is 5.76 Å². The maximum atomic E-state index is 12.6. The highest BCUT2D eigenvalue weighted by Gasteiger charge is 2.32. The molecule has 7 nitrogen and oxygen atoms in total. The lowest BCUT2D eigenvalue weighted by Gasteiger charge is -2.11. The number of furan rings is 1. The van der Waals surface area contributed by atoms with Gasteiger partial charge in [0.05, 0.1) is 5.56 Å². The number of ether oxygens (including phenoxy) is 1. The Bertz CT molecular complexity index is 1290. The van der Waals surface area contributed by atoms with E-state index >= 15 is 0 Å². The molecule has 4 rings (SSSR count). The van der Waals surface area contributed by atoms with Crippen molar-refractivity contribution in [3.63, 3.8) is 0 Å². The molecule has 0 saturated heterocycles. The van der Waals surface area contributed by atoms with E-state index in [0.717, 1.165) is 6.07 Å². The van der Waals surface area contributed by atoms with Crippen LogP contribution in [0.15, 0.2) is 65.1 Å². The van der Waals surface area contributed by atoms with Gasteiger partial charge in [0, 0.05) is 16.6 Å². The first-order valence-electron chi connectivity index (χ1n) is 8.88. The summed E-state index contributed by atoms with van der Waals surface area (Å²) >= 11 is 0. The number of aromatic nitrogens is 1. The Morgan fingerprint density at radius 2 is 1.81 bits per heavy atom. The zero-order valence-corrected chi connectivity index (χ0v) is 15.6. The Labute approximate surface area is 172 Å². The summed E-state index contributed by atoms with van der Waals surface area (Å²) < 4.78 is 47.3. The van der Waals surface area contributed by atoms with Crippen LogP contribution in [0.25, 0.3) is 22.2 Å². The molecular weight excluding hydrogens is 415 g/mol. The summed E-state index contributed by atoms with van der Waals surface area (Å²) in [6, 6.07) is 14.6. The number of nitrogens with one attached hydrogen (secondary N) is 2. The molecule has 0 radical (unpaired) electrons. The molecule has 0 spiro atoms. The average Bonchev–Trinajstić information content (AvgIpc) is 3.34. The van der Waals surface area contributed by atoms with Crippen molar-refractivity contribution in [1.82, 2.24) is 4.98 Å². The van der Waals surface area contributed by atoms with E-state index in [9.17, 15) is 22.8 Å². The minimum Gasteiger partial charge on any atom is -0.451 e. The molecule has 2 aromatic carbocycles. The van der Waals surface area contributed by atoms with E-state index in [1.807, 2.05) is 0 Å². The number of carbonyl (C=O) groups is 2. The fraction of sp³-hybridized carbons (Fsp3) is 0.0476.